The number of aromatic nitrogens is 2. The predicted molar refractivity (Wildman–Crippen MR) is 127 cm³/mol. The molecule has 0 saturated heterocycles. The van der Waals surface area contributed by atoms with Crippen LogP contribution in [0.5, 0.6) is 5.75 Å². The molecule has 0 radical (unpaired) electrons. The number of ether oxygens (including phenoxy) is 1. The number of benzene rings is 3. The van der Waals surface area contributed by atoms with E-state index in [0.717, 1.165) is 5.56 Å². The van der Waals surface area contributed by atoms with Gasteiger partial charge in [0.15, 0.2) is 5.75 Å². The van der Waals surface area contributed by atoms with Gasteiger partial charge in [0.2, 0.25) is 0 Å². The summed E-state index contributed by atoms with van der Waals surface area (Å²) in [6, 6.07) is 14.6. The fraction of sp³-hybridized carbons (Fsp3) is 0.0435. The van der Waals surface area contributed by atoms with Crippen LogP contribution in [0.4, 0.5) is 4.39 Å². The van der Waals surface area contributed by atoms with Crippen LogP contribution >= 0.6 is 46.4 Å². The zero-order valence-corrected chi connectivity index (χ0v) is 19.1. The van der Waals surface area contributed by atoms with E-state index in [4.69, 9.17) is 51.1 Å². The molecule has 4 aromatic rings. The van der Waals surface area contributed by atoms with Crippen molar-refractivity contribution >= 4 is 69.1 Å². The Morgan fingerprint density at radius 1 is 1.00 bits per heavy atom. The minimum Gasteiger partial charge on any atom is -0.486 e. The second-order valence-corrected chi connectivity index (χ2v) is 8.40. The summed E-state index contributed by atoms with van der Waals surface area (Å²) in [5.41, 5.74) is 2.64. The number of fused-ring (bicyclic) bond motifs is 1. The van der Waals surface area contributed by atoms with E-state index in [0.29, 0.717) is 38.2 Å². The van der Waals surface area contributed by atoms with Gasteiger partial charge >= 0.3 is 0 Å². The number of rotatable bonds is 5. The molecule has 1 aromatic heterocycles. The van der Waals surface area contributed by atoms with Crippen LogP contribution in [-0.2, 0) is 6.61 Å². The third kappa shape index (κ3) is 4.85. The van der Waals surface area contributed by atoms with Gasteiger partial charge in [-0.2, -0.15) is 5.26 Å². The Balaban J connectivity index is 1.60. The first-order chi connectivity index (χ1) is 15.3. The van der Waals surface area contributed by atoms with Gasteiger partial charge in [0.25, 0.3) is 0 Å². The molecule has 0 fully saturated rings. The van der Waals surface area contributed by atoms with Crippen molar-refractivity contribution in [2.24, 2.45) is 0 Å². The average Bonchev–Trinajstić information content (AvgIpc) is 3.16. The lowest BCUT2D eigenvalue weighted by Gasteiger charge is -2.11. The molecule has 0 bridgehead atoms. The van der Waals surface area contributed by atoms with Crippen molar-refractivity contribution in [3.8, 4) is 11.8 Å². The SMILES string of the molecule is N#C/C(=C/c1cc(Cl)c(OCc2ccc(Cl)c(Cl)c2)c(Cl)c1)c1nc2ccc(F)cc2[nH]1. The molecule has 0 aliphatic rings. The predicted octanol–water partition coefficient (Wildman–Crippen LogP) is 7.96. The number of halogens is 5. The lowest BCUT2D eigenvalue weighted by Crippen LogP contribution is -1.97. The van der Waals surface area contributed by atoms with Crippen LogP contribution in [0.1, 0.15) is 17.0 Å². The molecule has 3 aromatic carbocycles. The van der Waals surface area contributed by atoms with Crippen LogP contribution in [-0.4, -0.2) is 9.97 Å². The van der Waals surface area contributed by atoms with Crippen molar-refractivity contribution < 1.29 is 9.13 Å². The molecule has 0 unspecified atom stereocenters. The summed E-state index contributed by atoms with van der Waals surface area (Å²) in [6.45, 7) is 0.185. The highest BCUT2D eigenvalue weighted by molar-refractivity contribution is 6.42. The van der Waals surface area contributed by atoms with Crippen LogP contribution < -0.4 is 4.74 Å². The van der Waals surface area contributed by atoms with Crippen molar-refractivity contribution in [2.45, 2.75) is 6.61 Å². The molecule has 0 aliphatic heterocycles. The molecule has 160 valence electrons. The molecule has 9 heteroatoms. The van der Waals surface area contributed by atoms with Gasteiger partial charge in [-0.25, -0.2) is 9.37 Å². The van der Waals surface area contributed by atoms with Gasteiger partial charge in [-0.3, -0.25) is 0 Å². The number of nitrogens with zero attached hydrogens (tertiary/aromatic N) is 2. The quantitative estimate of drug-likeness (QED) is 0.279. The number of nitriles is 1. The third-order valence-corrected chi connectivity index (χ3v) is 5.82. The average molecular weight is 507 g/mol. The molecule has 0 spiro atoms. The first-order valence-electron chi connectivity index (χ1n) is 9.17. The minimum absolute atomic E-state index is 0.185. The Bertz CT molecular complexity index is 1390. The molecule has 32 heavy (non-hydrogen) atoms. The van der Waals surface area contributed by atoms with E-state index in [2.05, 4.69) is 16.0 Å². The summed E-state index contributed by atoms with van der Waals surface area (Å²) in [7, 11) is 0. The van der Waals surface area contributed by atoms with Crippen molar-refractivity contribution in [3.63, 3.8) is 0 Å². The molecular formula is C23H12Cl4FN3O. The number of allylic oxidation sites excluding steroid dienone is 1. The van der Waals surface area contributed by atoms with E-state index in [1.54, 1.807) is 36.4 Å². The standard InChI is InChI=1S/C23H12Cl4FN3O/c24-16-3-1-12(6-17(16)25)11-32-22-18(26)7-13(8-19(22)27)5-14(10-29)23-30-20-4-2-15(28)9-21(20)31-23/h1-9H,11H2,(H,30,31)/b14-5-. The topological polar surface area (TPSA) is 61.7 Å². The fourth-order valence-electron chi connectivity index (χ4n) is 3.02. The largest absolute Gasteiger partial charge is 0.486 e. The number of imidazole rings is 1. The fourth-order valence-corrected chi connectivity index (χ4v) is 3.95. The summed E-state index contributed by atoms with van der Waals surface area (Å²) in [5, 5.41) is 11.0. The summed E-state index contributed by atoms with van der Waals surface area (Å²) in [5.74, 6) is 0.208. The highest BCUT2D eigenvalue weighted by Gasteiger charge is 2.13. The summed E-state index contributed by atoms with van der Waals surface area (Å²) >= 11 is 24.7. The Morgan fingerprint density at radius 3 is 2.44 bits per heavy atom. The molecular weight excluding hydrogens is 495 g/mol. The molecule has 1 N–H and O–H groups in total. The number of aromatic amines is 1. The van der Waals surface area contributed by atoms with E-state index in [1.807, 2.05) is 0 Å². The van der Waals surface area contributed by atoms with Crippen molar-refractivity contribution in [1.82, 2.24) is 9.97 Å². The number of nitrogens with one attached hydrogen (secondary N) is 1. The number of hydrogen-bond donors (Lipinski definition) is 1. The van der Waals surface area contributed by atoms with Gasteiger partial charge in [-0.1, -0.05) is 52.5 Å². The highest BCUT2D eigenvalue weighted by atomic mass is 35.5. The van der Waals surface area contributed by atoms with Gasteiger partial charge in [0, 0.05) is 0 Å². The monoisotopic (exact) mass is 505 g/mol. The number of H-pyrrole nitrogens is 1. The van der Waals surface area contributed by atoms with E-state index < -0.39 is 5.82 Å². The number of hydrogen-bond acceptors (Lipinski definition) is 3. The lowest BCUT2D eigenvalue weighted by atomic mass is 10.1. The Morgan fingerprint density at radius 2 is 1.75 bits per heavy atom. The first-order valence-corrected chi connectivity index (χ1v) is 10.7. The van der Waals surface area contributed by atoms with E-state index in [-0.39, 0.29) is 22.2 Å². The summed E-state index contributed by atoms with van der Waals surface area (Å²) in [6.07, 6.45) is 1.58. The third-order valence-electron chi connectivity index (χ3n) is 4.52. The van der Waals surface area contributed by atoms with Crippen LogP contribution in [0.2, 0.25) is 20.1 Å². The van der Waals surface area contributed by atoms with Gasteiger partial charge in [-0.15, -0.1) is 0 Å². The lowest BCUT2D eigenvalue weighted by molar-refractivity contribution is 0.306. The molecule has 0 atom stereocenters. The molecule has 0 saturated carbocycles. The van der Waals surface area contributed by atoms with Gasteiger partial charge < -0.3 is 9.72 Å². The maximum atomic E-state index is 13.4. The van der Waals surface area contributed by atoms with Crippen LogP contribution in [0, 0.1) is 17.1 Å². The molecule has 0 amide bonds. The Kier molecular flexibility index (Phi) is 6.59. The van der Waals surface area contributed by atoms with E-state index in [1.165, 1.54) is 18.2 Å². The van der Waals surface area contributed by atoms with E-state index in [9.17, 15) is 9.65 Å². The zero-order chi connectivity index (χ0) is 22.8. The molecule has 4 rings (SSSR count). The van der Waals surface area contributed by atoms with Crippen molar-refractivity contribution in [3.05, 3.63) is 91.4 Å². The second-order valence-electron chi connectivity index (χ2n) is 6.77. The maximum absolute atomic E-state index is 13.4. The maximum Gasteiger partial charge on any atom is 0.157 e. The van der Waals surface area contributed by atoms with Crippen molar-refractivity contribution in [1.29, 1.82) is 5.26 Å². The zero-order valence-electron chi connectivity index (χ0n) is 16.1. The summed E-state index contributed by atoms with van der Waals surface area (Å²) < 4.78 is 19.2. The molecule has 1 heterocycles. The van der Waals surface area contributed by atoms with Gasteiger partial charge in [-0.05, 0) is 59.7 Å². The normalized spacial score (nSPS) is 11.6. The van der Waals surface area contributed by atoms with Gasteiger partial charge in [0.1, 0.15) is 24.3 Å². The van der Waals surface area contributed by atoms with Crippen LogP contribution in [0.3, 0.4) is 0 Å². The first kappa shape index (κ1) is 22.4. The Labute approximate surface area is 202 Å². The van der Waals surface area contributed by atoms with E-state index >= 15 is 0 Å². The summed E-state index contributed by atoms with van der Waals surface area (Å²) in [4.78, 5) is 7.28. The molecule has 0 aliphatic carbocycles. The molecule has 4 nitrogen and oxygen atoms in total. The van der Waals surface area contributed by atoms with Crippen molar-refractivity contribution in [2.75, 3.05) is 0 Å². The highest BCUT2D eigenvalue weighted by Crippen LogP contribution is 2.36. The second kappa shape index (κ2) is 9.40. The smallest absolute Gasteiger partial charge is 0.157 e. The van der Waals surface area contributed by atoms with Crippen LogP contribution in [0.15, 0.2) is 48.5 Å². The Hall–Kier alpha value is -2.75. The minimum atomic E-state index is -0.398. The van der Waals surface area contributed by atoms with Crippen LogP contribution in [0.25, 0.3) is 22.7 Å². The van der Waals surface area contributed by atoms with Gasteiger partial charge in [0.05, 0.1) is 36.7 Å².